The van der Waals surface area contributed by atoms with Gasteiger partial charge in [-0.1, -0.05) is 30.3 Å². The van der Waals surface area contributed by atoms with E-state index in [9.17, 15) is 14.4 Å². The smallest absolute Gasteiger partial charge is 0.416 e. The summed E-state index contributed by atoms with van der Waals surface area (Å²) in [6.45, 7) is 3.05. The van der Waals surface area contributed by atoms with Crippen molar-refractivity contribution in [3.63, 3.8) is 0 Å². The van der Waals surface area contributed by atoms with Crippen LogP contribution in [0.5, 0.6) is 0 Å². The molecule has 0 saturated carbocycles. The zero-order valence-corrected chi connectivity index (χ0v) is 20.2. The van der Waals surface area contributed by atoms with Crippen LogP contribution in [0.15, 0.2) is 45.3 Å². The highest BCUT2D eigenvalue weighted by Crippen LogP contribution is 2.35. The van der Waals surface area contributed by atoms with Crippen molar-refractivity contribution in [2.75, 3.05) is 13.2 Å². The third-order valence-electron chi connectivity index (χ3n) is 5.52. The third-order valence-corrected chi connectivity index (χ3v) is 6.19. The first kappa shape index (κ1) is 25.0. The Morgan fingerprint density at radius 3 is 2.67 bits per heavy atom. The minimum Gasteiger partial charge on any atom is -0.461 e. The number of carbonyl (C=O) groups excluding carboxylic acids is 3. The third kappa shape index (κ3) is 6.23. The Labute approximate surface area is 201 Å². The molecule has 1 N–H and O–H groups in total. The van der Waals surface area contributed by atoms with Crippen molar-refractivity contribution in [1.29, 1.82) is 0 Å². The fourth-order valence-corrected chi connectivity index (χ4v) is 4.34. The van der Waals surface area contributed by atoms with Crippen molar-refractivity contribution in [1.82, 2.24) is 4.90 Å². The molecule has 1 aliphatic heterocycles. The number of nitrogens with zero attached hydrogens (tertiary/aromatic N) is 1. The maximum Gasteiger partial charge on any atom is 0.416 e. The van der Waals surface area contributed by atoms with E-state index in [2.05, 4.69) is 15.9 Å². The van der Waals surface area contributed by atoms with E-state index < -0.39 is 36.0 Å². The Hall–Kier alpha value is -2.65. The van der Waals surface area contributed by atoms with Gasteiger partial charge in [-0.15, -0.1) is 0 Å². The average Bonchev–Trinajstić information content (AvgIpc) is 3.34. The van der Waals surface area contributed by atoms with Crippen LogP contribution >= 0.6 is 15.9 Å². The summed E-state index contributed by atoms with van der Waals surface area (Å²) < 4.78 is 17.2. The number of aliphatic hydroxyl groups is 1. The molecule has 33 heavy (non-hydrogen) atoms. The van der Waals surface area contributed by atoms with Gasteiger partial charge < -0.3 is 19.0 Å². The molecule has 178 valence electrons. The average molecular weight is 522 g/mol. The molecule has 2 aromatic rings. The Morgan fingerprint density at radius 1 is 1.27 bits per heavy atom. The number of esters is 1. The molecule has 1 aromatic carbocycles. The summed E-state index contributed by atoms with van der Waals surface area (Å²) in [6, 6.07) is 10.8. The number of rotatable bonds is 10. The largest absolute Gasteiger partial charge is 0.461 e. The van der Waals surface area contributed by atoms with Gasteiger partial charge in [-0.05, 0) is 53.7 Å². The predicted octanol–water partition coefficient (Wildman–Crippen LogP) is 4.19. The number of ether oxygens (including phenoxy) is 2. The van der Waals surface area contributed by atoms with Gasteiger partial charge in [0.05, 0.1) is 16.4 Å². The van der Waals surface area contributed by atoms with E-state index in [0.717, 1.165) is 16.9 Å². The molecule has 0 unspecified atom stereocenters. The number of benzene rings is 1. The molecule has 1 saturated heterocycles. The summed E-state index contributed by atoms with van der Waals surface area (Å²) >= 11 is 3.45. The number of imide groups is 1. The standard InChI is InChI=1S/C24H28BrNO7/c1-15(22(32-16(2)28)21-13-19(25)20(33-21)10-6-7-11-27)23(29)26-18(14-31-24(26)30)12-17-8-4-3-5-9-17/h3-5,8-9,13,15,18,22,27H,6-7,10-12,14H2,1-2H3/t15-,18-,22-/m0/s1. The zero-order chi connectivity index (χ0) is 24.0. The normalized spacial score (nSPS) is 17.5. The predicted molar refractivity (Wildman–Crippen MR) is 122 cm³/mol. The fourth-order valence-electron chi connectivity index (χ4n) is 3.84. The second kappa shape index (κ2) is 11.5. The van der Waals surface area contributed by atoms with E-state index in [1.54, 1.807) is 13.0 Å². The number of amides is 2. The SMILES string of the molecule is CC(=O)O[C@H](c1cc(Br)c(CCCCO)o1)[C@H](C)C(=O)N1C(=O)OC[C@@H]1Cc1ccccc1. The van der Waals surface area contributed by atoms with Gasteiger partial charge in [-0.25, -0.2) is 9.69 Å². The molecule has 0 spiro atoms. The quantitative estimate of drug-likeness (QED) is 0.369. The number of aryl methyl sites for hydroxylation is 1. The maximum atomic E-state index is 13.4. The van der Waals surface area contributed by atoms with E-state index >= 15 is 0 Å². The highest BCUT2D eigenvalue weighted by Gasteiger charge is 2.43. The van der Waals surface area contributed by atoms with Gasteiger partial charge in [-0.2, -0.15) is 0 Å². The summed E-state index contributed by atoms with van der Waals surface area (Å²) in [7, 11) is 0. The van der Waals surface area contributed by atoms with Crippen LogP contribution in [-0.4, -0.2) is 47.2 Å². The van der Waals surface area contributed by atoms with Crippen LogP contribution in [0.3, 0.4) is 0 Å². The highest BCUT2D eigenvalue weighted by atomic mass is 79.9. The summed E-state index contributed by atoms with van der Waals surface area (Å²) in [4.78, 5) is 38.8. The van der Waals surface area contributed by atoms with Crippen molar-refractivity contribution in [3.05, 3.63) is 58.0 Å². The molecule has 0 radical (unpaired) electrons. The number of aliphatic hydroxyl groups excluding tert-OH is 1. The minimum absolute atomic E-state index is 0.0862. The van der Waals surface area contributed by atoms with E-state index in [0.29, 0.717) is 35.3 Å². The number of cyclic esters (lactones) is 1. The van der Waals surface area contributed by atoms with Crippen LogP contribution < -0.4 is 0 Å². The molecule has 8 nitrogen and oxygen atoms in total. The van der Waals surface area contributed by atoms with Crippen molar-refractivity contribution < 1.29 is 33.4 Å². The molecule has 0 aliphatic carbocycles. The first-order valence-electron chi connectivity index (χ1n) is 10.9. The lowest BCUT2D eigenvalue weighted by atomic mass is 9.98. The summed E-state index contributed by atoms with van der Waals surface area (Å²) in [5.41, 5.74) is 0.977. The molecule has 2 heterocycles. The van der Waals surface area contributed by atoms with E-state index in [-0.39, 0.29) is 13.2 Å². The van der Waals surface area contributed by atoms with Gasteiger partial charge in [0.25, 0.3) is 0 Å². The Bertz CT molecular complexity index is 974. The van der Waals surface area contributed by atoms with Gasteiger partial charge in [0.2, 0.25) is 5.91 Å². The van der Waals surface area contributed by atoms with E-state index in [4.69, 9.17) is 19.0 Å². The number of carbonyl (C=O) groups is 3. The molecular weight excluding hydrogens is 494 g/mol. The number of hydrogen-bond donors (Lipinski definition) is 1. The molecule has 1 aliphatic rings. The van der Waals surface area contributed by atoms with Crippen LogP contribution in [0, 0.1) is 5.92 Å². The van der Waals surface area contributed by atoms with Gasteiger partial charge in [0, 0.05) is 20.0 Å². The highest BCUT2D eigenvalue weighted by molar-refractivity contribution is 9.10. The van der Waals surface area contributed by atoms with Crippen LogP contribution in [-0.2, 0) is 31.9 Å². The molecule has 3 atom stereocenters. The second-order valence-electron chi connectivity index (χ2n) is 8.05. The lowest BCUT2D eigenvalue weighted by Gasteiger charge is -2.27. The lowest BCUT2D eigenvalue weighted by Crippen LogP contribution is -2.44. The topological polar surface area (TPSA) is 106 Å². The summed E-state index contributed by atoms with van der Waals surface area (Å²) in [6.07, 6.45) is 0.668. The van der Waals surface area contributed by atoms with Crippen molar-refractivity contribution in [3.8, 4) is 0 Å². The number of unbranched alkanes of at least 4 members (excludes halogenated alkanes) is 1. The number of hydrogen-bond acceptors (Lipinski definition) is 7. The van der Waals surface area contributed by atoms with Crippen molar-refractivity contribution >= 4 is 33.9 Å². The molecule has 3 rings (SSSR count). The molecule has 9 heteroatoms. The zero-order valence-electron chi connectivity index (χ0n) is 18.7. The van der Waals surface area contributed by atoms with E-state index in [1.165, 1.54) is 6.92 Å². The molecular formula is C24H28BrNO7. The first-order chi connectivity index (χ1) is 15.8. The second-order valence-corrected chi connectivity index (χ2v) is 8.90. The van der Waals surface area contributed by atoms with Gasteiger partial charge in [0.1, 0.15) is 18.1 Å². The molecule has 1 aromatic heterocycles. The fraction of sp³-hybridized carbons (Fsp3) is 0.458. The summed E-state index contributed by atoms with van der Waals surface area (Å²) in [5, 5.41) is 9.00. The van der Waals surface area contributed by atoms with Gasteiger partial charge in [-0.3, -0.25) is 9.59 Å². The van der Waals surface area contributed by atoms with Gasteiger partial charge in [0.15, 0.2) is 6.10 Å². The van der Waals surface area contributed by atoms with Crippen molar-refractivity contribution in [2.45, 2.75) is 51.7 Å². The van der Waals surface area contributed by atoms with Crippen molar-refractivity contribution in [2.24, 2.45) is 5.92 Å². The van der Waals surface area contributed by atoms with Gasteiger partial charge >= 0.3 is 12.1 Å². The number of furan rings is 1. The number of halogens is 1. The van der Waals surface area contributed by atoms with E-state index in [1.807, 2.05) is 30.3 Å². The lowest BCUT2D eigenvalue weighted by molar-refractivity contribution is -0.154. The molecule has 2 amide bonds. The summed E-state index contributed by atoms with van der Waals surface area (Å²) in [5.74, 6) is -1.01. The Morgan fingerprint density at radius 2 is 2.00 bits per heavy atom. The molecule has 0 bridgehead atoms. The minimum atomic E-state index is -1.01. The first-order valence-corrected chi connectivity index (χ1v) is 11.7. The van der Waals surface area contributed by atoms with Crippen LogP contribution in [0.2, 0.25) is 0 Å². The Balaban J connectivity index is 1.81. The van der Waals surface area contributed by atoms with Crippen LogP contribution in [0.25, 0.3) is 0 Å². The maximum absolute atomic E-state index is 13.4. The van der Waals surface area contributed by atoms with Crippen LogP contribution in [0.1, 0.15) is 49.9 Å². The van der Waals surface area contributed by atoms with Crippen LogP contribution in [0.4, 0.5) is 4.79 Å². The monoisotopic (exact) mass is 521 g/mol. The Kier molecular flexibility index (Phi) is 8.68. The molecule has 1 fully saturated rings.